The molecular weight excluding hydrogens is 572 g/mol. The van der Waals surface area contributed by atoms with E-state index in [0.29, 0.717) is 5.82 Å². The van der Waals surface area contributed by atoms with Crippen LogP contribution in [0.15, 0.2) is 162 Å². The lowest BCUT2D eigenvalue weighted by Crippen LogP contribution is -1.96. The van der Waals surface area contributed by atoms with Crippen LogP contribution in [-0.4, -0.2) is 9.97 Å². The number of furan rings is 1. The van der Waals surface area contributed by atoms with Crippen LogP contribution in [0.5, 0.6) is 0 Å². The zero-order valence-electron chi connectivity index (χ0n) is 25.3. The fourth-order valence-electron chi connectivity index (χ4n) is 7.23. The summed E-state index contributed by atoms with van der Waals surface area (Å²) in [5.74, 6) is 0.706. The molecule has 3 nitrogen and oxygen atoms in total. The molecule has 0 amide bonds. The van der Waals surface area contributed by atoms with Gasteiger partial charge in [-0.25, -0.2) is 9.97 Å². The predicted octanol–water partition coefficient (Wildman–Crippen LogP) is 11.8. The highest BCUT2D eigenvalue weighted by Crippen LogP contribution is 2.52. The number of aromatic nitrogens is 2. The third-order valence-corrected chi connectivity index (χ3v) is 9.40. The summed E-state index contributed by atoms with van der Waals surface area (Å²) in [6.45, 7) is 0. The van der Waals surface area contributed by atoms with Crippen LogP contribution in [0, 0.1) is 0 Å². The van der Waals surface area contributed by atoms with Crippen molar-refractivity contribution in [3.05, 3.63) is 158 Å². The van der Waals surface area contributed by atoms with E-state index in [0.717, 1.165) is 55.6 Å². The van der Waals surface area contributed by atoms with Gasteiger partial charge in [-0.2, -0.15) is 0 Å². The molecule has 0 unspecified atom stereocenters. The van der Waals surface area contributed by atoms with Gasteiger partial charge in [0.25, 0.3) is 0 Å². The van der Waals surface area contributed by atoms with Crippen LogP contribution in [0.3, 0.4) is 0 Å². The van der Waals surface area contributed by atoms with Crippen molar-refractivity contribution in [1.29, 1.82) is 0 Å². The molecule has 0 spiro atoms. The van der Waals surface area contributed by atoms with Gasteiger partial charge in [0.1, 0.15) is 11.2 Å². The summed E-state index contributed by atoms with van der Waals surface area (Å²) in [7, 11) is 0. The Labute approximate surface area is 271 Å². The fraction of sp³-hybridized carbons (Fsp3) is 0. The number of nitrogens with zero attached hydrogens (tertiary/aromatic N) is 2. The minimum absolute atomic E-state index is 0.706. The summed E-state index contributed by atoms with van der Waals surface area (Å²) < 4.78 is 6.52. The Morgan fingerprint density at radius 2 is 1.11 bits per heavy atom. The van der Waals surface area contributed by atoms with Crippen molar-refractivity contribution >= 4 is 32.7 Å². The molecule has 2 aromatic heterocycles. The van der Waals surface area contributed by atoms with E-state index in [-0.39, 0.29) is 0 Å². The number of benzene rings is 7. The number of rotatable bonds is 4. The molecule has 3 heteroatoms. The van der Waals surface area contributed by atoms with Crippen LogP contribution < -0.4 is 0 Å². The molecule has 1 aliphatic carbocycles. The first-order valence-electron chi connectivity index (χ1n) is 15.9. The SMILES string of the molecule is c1ccc(-c2cccc(-c3cc(-c4cc5c6c(cccc6c4)-c4c-5ccc5c4oc4ccccc45)nc(-c4ccccc4)n3)c2)cc1. The molecule has 0 bridgehead atoms. The summed E-state index contributed by atoms with van der Waals surface area (Å²) >= 11 is 0. The van der Waals surface area contributed by atoms with Crippen molar-refractivity contribution in [3.63, 3.8) is 0 Å². The Hall–Kier alpha value is -6.32. The average molecular weight is 599 g/mol. The molecule has 1 aliphatic rings. The van der Waals surface area contributed by atoms with Crippen molar-refractivity contribution < 1.29 is 4.42 Å². The first-order valence-corrected chi connectivity index (χ1v) is 15.9. The van der Waals surface area contributed by atoms with Gasteiger partial charge in [-0.1, -0.05) is 121 Å². The first kappa shape index (κ1) is 26.0. The van der Waals surface area contributed by atoms with Gasteiger partial charge in [-0.05, 0) is 75.0 Å². The second kappa shape index (κ2) is 10.1. The molecule has 9 aromatic rings. The molecule has 0 radical (unpaired) electrons. The Kier molecular flexibility index (Phi) is 5.57. The molecule has 47 heavy (non-hydrogen) atoms. The van der Waals surface area contributed by atoms with Crippen molar-refractivity contribution in [2.45, 2.75) is 0 Å². The molecule has 2 heterocycles. The van der Waals surface area contributed by atoms with Crippen LogP contribution in [0.1, 0.15) is 0 Å². The predicted molar refractivity (Wildman–Crippen MR) is 193 cm³/mol. The van der Waals surface area contributed by atoms with Crippen molar-refractivity contribution in [1.82, 2.24) is 9.97 Å². The Balaban J connectivity index is 1.19. The zero-order chi connectivity index (χ0) is 30.9. The minimum atomic E-state index is 0.706. The van der Waals surface area contributed by atoms with E-state index in [2.05, 4.69) is 127 Å². The van der Waals surface area contributed by atoms with Gasteiger partial charge in [0.05, 0.1) is 11.4 Å². The number of para-hydroxylation sites is 1. The topological polar surface area (TPSA) is 38.9 Å². The highest BCUT2D eigenvalue weighted by molar-refractivity contribution is 6.23. The van der Waals surface area contributed by atoms with E-state index in [1.807, 2.05) is 30.3 Å². The van der Waals surface area contributed by atoms with E-state index in [4.69, 9.17) is 14.4 Å². The summed E-state index contributed by atoms with van der Waals surface area (Å²) in [5.41, 5.74) is 13.9. The van der Waals surface area contributed by atoms with Crippen LogP contribution in [0.2, 0.25) is 0 Å². The van der Waals surface area contributed by atoms with Crippen LogP contribution in [0.25, 0.3) is 100.0 Å². The van der Waals surface area contributed by atoms with Gasteiger partial charge in [0.15, 0.2) is 5.82 Å². The highest BCUT2D eigenvalue weighted by atomic mass is 16.3. The normalized spacial score (nSPS) is 11.8. The molecule has 0 saturated carbocycles. The standard InChI is InChI=1S/C44H26N2O/c1-3-11-27(12-4-1)29-15-9-16-30(23-29)38-26-39(46-44(45-38)28-13-5-2-6-14-28)32-24-31-17-10-19-36-41(31)37(25-32)34-21-22-35-33-18-7-8-20-40(33)47-43(35)42(34)36/h1-26H. The van der Waals surface area contributed by atoms with Crippen molar-refractivity contribution in [2.24, 2.45) is 0 Å². The zero-order valence-corrected chi connectivity index (χ0v) is 25.3. The quantitative estimate of drug-likeness (QED) is 0.202. The average Bonchev–Trinajstić information content (AvgIpc) is 3.69. The van der Waals surface area contributed by atoms with Gasteiger partial charge in [0.2, 0.25) is 0 Å². The third kappa shape index (κ3) is 4.07. The Bertz CT molecular complexity index is 2670. The van der Waals surface area contributed by atoms with Gasteiger partial charge in [-0.15, -0.1) is 0 Å². The van der Waals surface area contributed by atoms with E-state index < -0.39 is 0 Å². The maximum Gasteiger partial charge on any atom is 0.160 e. The van der Waals surface area contributed by atoms with E-state index >= 15 is 0 Å². The number of hydrogen-bond donors (Lipinski definition) is 0. The lowest BCUT2D eigenvalue weighted by atomic mass is 9.97. The fourth-order valence-corrected chi connectivity index (χ4v) is 7.23. The van der Waals surface area contributed by atoms with Crippen LogP contribution >= 0.6 is 0 Å². The lowest BCUT2D eigenvalue weighted by molar-refractivity contribution is 0.670. The molecule has 0 atom stereocenters. The minimum Gasteiger partial charge on any atom is -0.455 e. The van der Waals surface area contributed by atoms with Crippen LogP contribution in [-0.2, 0) is 0 Å². The molecular formula is C44H26N2O. The van der Waals surface area contributed by atoms with Gasteiger partial charge in [0, 0.05) is 33.0 Å². The van der Waals surface area contributed by atoms with Crippen molar-refractivity contribution in [3.8, 4) is 67.3 Å². The largest absolute Gasteiger partial charge is 0.455 e. The molecule has 218 valence electrons. The first-order chi connectivity index (χ1) is 23.3. The summed E-state index contributed by atoms with van der Waals surface area (Å²) in [5, 5.41) is 4.73. The van der Waals surface area contributed by atoms with Gasteiger partial charge < -0.3 is 4.42 Å². The Morgan fingerprint density at radius 1 is 0.404 bits per heavy atom. The van der Waals surface area contributed by atoms with E-state index in [1.165, 1.54) is 38.6 Å². The van der Waals surface area contributed by atoms with Gasteiger partial charge >= 0.3 is 0 Å². The second-order valence-electron chi connectivity index (χ2n) is 12.2. The molecule has 10 rings (SSSR count). The molecule has 0 aliphatic heterocycles. The summed E-state index contributed by atoms with van der Waals surface area (Å²) in [4.78, 5) is 10.3. The second-order valence-corrected chi connectivity index (χ2v) is 12.2. The lowest BCUT2D eigenvalue weighted by Gasteiger charge is -2.12. The van der Waals surface area contributed by atoms with E-state index in [9.17, 15) is 0 Å². The smallest absolute Gasteiger partial charge is 0.160 e. The molecule has 0 saturated heterocycles. The van der Waals surface area contributed by atoms with Gasteiger partial charge in [-0.3, -0.25) is 0 Å². The third-order valence-electron chi connectivity index (χ3n) is 9.40. The van der Waals surface area contributed by atoms with Crippen molar-refractivity contribution in [2.75, 3.05) is 0 Å². The summed E-state index contributed by atoms with van der Waals surface area (Å²) in [6.07, 6.45) is 0. The number of hydrogen-bond acceptors (Lipinski definition) is 3. The Morgan fingerprint density at radius 3 is 1.96 bits per heavy atom. The monoisotopic (exact) mass is 598 g/mol. The molecule has 7 aromatic carbocycles. The van der Waals surface area contributed by atoms with E-state index in [1.54, 1.807) is 0 Å². The summed E-state index contributed by atoms with van der Waals surface area (Å²) in [6, 6.07) is 55.4. The maximum absolute atomic E-state index is 6.52. The highest BCUT2D eigenvalue weighted by Gasteiger charge is 2.27. The number of fused-ring (bicyclic) bond motifs is 7. The molecule has 0 fully saturated rings. The van der Waals surface area contributed by atoms with Crippen LogP contribution in [0.4, 0.5) is 0 Å². The molecule has 0 N–H and O–H groups in total. The maximum atomic E-state index is 6.52.